The summed E-state index contributed by atoms with van der Waals surface area (Å²) in [5.74, 6) is -0.0366. The number of halogens is 1. The number of nitrogens with one attached hydrogen (secondary N) is 1. The lowest BCUT2D eigenvalue weighted by molar-refractivity contribution is 0.0931. The van der Waals surface area contributed by atoms with Crippen LogP contribution in [0.5, 0.6) is 0 Å². The molecule has 2 heterocycles. The summed E-state index contributed by atoms with van der Waals surface area (Å²) in [6.45, 7) is 1.54. The van der Waals surface area contributed by atoms with Gasteiger partial charge in [0.1, 0.15) is 4.47 Å². The van der Waals surface area contributed by atoms with Gasteiger partial charge in [0.25, 0.3) is 11.5 Å². The number of amides is 1. The van der Waals surface area contributed by atoms with Gasteiger partial charge in [-0.3, -0.25) is 9.59 Å². The van der Waals surface area contributed by atoms with E-state index in [4.69, 9.17) is 0 Å². The first-order chi connectivity index (χ1) is 11.6. The Kier molecular flexibility index (Phi) is 4.99. The lowest BCUT2D eigenvalue weighted by Crippen LogP contribution is -2.45. The molecule has 0 aliphatic carbocycles. The fraction of sp³-hybridized carbons (Fsp3) is 0.353. The molecule has 24 heavy (non-hydrogen) atoms. The number of hydrogen-bond acceptors (Lipinski definition) is 4. The average molecular weight is 391 g/mol. The summed E-state index contributed by atoms with van der Waals surface area (Å²) in [5.41, 5.74) is 1.34. The average Bonchev–Trinajstić information content (AvgIpc) is 2.61. The van der Waals surface area contributed by atoms with Gasteiger partial charge in [-0.05, 0) is 40.9 Å². The standard InChI is InChI=1S/C17H19BrN4O2/c1-21-17(24)15(18)14(11-19-21)22-9-7-13(8-10-22)20-16(23)12-5-3-2-4-6-12/h2-6,11,13H,7-10H2,1H3,(H,20,23). The van der Waals surface area contributed by atoms with E-state index in [0.29, 0.717) is 10.0 Å². The summed E-state index contributed by atoms with van der Waals surface area (Å²) in [6, 6.07) is 9.38. The molecule has 2 aromatic rings. The van der Waals surface area contributed by atoms with Crippen molar-refractivity contribution in [3.05, 3.63) is 56.9 Å². The SMILES string of the molecule is Cn1ncc(N2CCC(NC(=O)c3ccccc3)CC2)c(Br)c1=O. The van der Waals surface area contributed by atoms with Crippen molar-refractivity contribution >= 4 is 27.5 Å². The molecule has 7 heteroatoms. The van der Waals surface area contributed by atoms with Gasteiger partial charge in [0.15, 0.2) is 0 Å². The lowest BCUT2D eigenvalue weighted by Gasteiger charge is -2.34. The number of benzene rings is 1. The molecule has 1 aromatic heterocycles. The van der Waals surface area contributed by atoms with Crippen LogP contribution in [0.2, 0.25) is 0 Å². The maximum atomic E-state index is 12.2. The van der Waals surface area contributed by atoms with Crippen LogP contribution in [-0.2, 0) is 7.05 Å². The van der Waals surface area contributed by atoms with Crippen LogP contribution in [0.1, 0.15) is 23.2 Å². The van der Waals surface area contributed by atoms with Crippen molar-refractivity contribution in [1.29, 1.82) is 0 Å². The number of nitrogens with zero attached hydrogens (tertiary/aromatic N) is 3. The molecule has 1 aliphatic heterocycles. The molecule has 0 unspecified atom stereocenters. The largest absolute Gasteiger partial charge is 0.369 e. The van der Waals surface area contributed by atoms with Gasteiger partial charge < -0.3 is 10.2 Å². The summed E-state index contributed by atoms with van der Waals surface area (Å²) in [4.78, 5) is 26.3. The summed E-state index contributed by atoms with van der Waals surface area (Å²) < 4.78 is 1.84. The van der Waals surface area contributed by atoms with Crippen LogP contribution in [0, 0.1) is 0 Å². The highest BCUT2D eigenvalue weighted by Gasteiger charge is 2.23. The summed E-state index contributed by atoms with van der Waals surface area (Å²) in [5, 5.41) is 7.17. The Morgan fingerprint density at radius 2 is 1.92 bits per heavy atom. The van der Waals surface area contributed by atoms with E-state index in [1.165, 1.54) is 4.68 Å². The third-order valence-electron chi connectivity index (χ3n) is 4.27. The molecule has 1 aliphatic rings. The second kappa shape index (κ2) is 7.17. The lowest BCUT2D eigenvalue weighted by atomic mass is 10.0. The number of aryl methyl sites for hydroxylation is 1. The first-order valence-electron chi connectivity index (χ1n) is 7.89. The van der Waals surface area contributed by atoms with Gasteiger partial charge in [-0.25, -0.2) is 4.68 Å². The fourth-order valence-corrected chi connectivity index (χ4v) is 3.46. The van der Waals surface area contributed by atoms with E-state index in [1.54, 1.807) is 13.2 Å². The predicted octanol–water partition coefficient (Wildman–Crippen LogP) is 1.94. The number of carbonyl (C=O) groups is 1. The summed E-state index contributed by atoms with van der Waals surface area (Å²) in [7, 11) is 1.63. The molecule has 1 aromatic carbocycles. The van der Waals surface area contributed by atoms with Crippen molar-refractivity contribution < 1.29 is 4.79 Å². The first-order valence-corrected chi connectivity index (χ1v) is 8.68. The van der Waals surface area contributed by atoms with E-state index in [0.717, 1.165) is 31.6 Å². The van der Waals surface area contributed by atoms with E-state index >= 15 is 0 Å². The highest BCUT2D eigenvalue weighted by Crippen LogP contribution is 2.25. The van der Waals surface area contributed by atoms with Crippen LogP contribution in [0.4, 0.5) is 5.69 Å². The summed E-state index contributed by atoms with van der Waals surface area (Å²) >= 11 is 3.37. The second-order valence-electron chi connectivity index (χ2n) is 5.87. The zero-order valence-electron chi connectivity index (χ0n) is 13.4. The molecule has 126 valence electrons. The molecule has 6 nitrogen and oxygen atoms in total. The van der Waals surface area contributed by atoms with Gasteiger partial charge in [-0.2, -0.15) is 5.10 Å². The molecule has 1 fully saturated rings. The minimum Gasteiger partial charge on any atom is -0.369 e. The van der Waals surface area contributed by atoms with Crippen LogP contribution < -0.4 is 15.8 Å². The minimum atomic E-state index is -0.146. The molecule has 1 saturated heterocycles. The molecule has 1 N–H and O–H groups in total. The van der Waals surface area contributed by atoms with Gasteiger partial charge in [-0.15, -0.1) is 0 Å². The van der Waals surface area contributed by atoms with E-state index in [1.807, 2.05) is 30.3 Å². The van der Waals surface area contributed by atoms with Crippen molar-refractivity contribution in [1.82, 2.24) is 15.1 Å². The maximum absolute atomic E-state index is 12.2. The third-order valence-corrected chi connectivity index (χ3v) is 5.01. The quantitative estimate of drug-likeness (QED) is 0.869. The molecule has 0 atom stereocenters. The Hall–Kier alpha value is -2.15. The van der Waals surface area contributed by atoms with Crippen LogP contribution in [0.25, 0.3) is 0 Å². The van der Waals surface area contributed by atoms with Crippen LogP contribution in [0.3, 0.4) is 0 Å². The number of anilines is 1. The van der Waals surface area contributed by atoms with Crippen molar-refractivity contribution in [3.63, 3.8) is 0 Å². The minimum absolute atomic E-state index is 0.0366. The van der Waals surface area contributed by atoms with Gasteiger partial charge in [0.2, 0.25) is 0 Å². The maximum Gasteiger partial charge on any atom is 0.282 e. The predicted molar refractivity (Wildman–Crippen MR) is 96.3 cm³/mol. The topological polar surface area (TPSA) is 67.2 Å². The molecule has 0 bridgehead atoms. The molecular weight excluding hydrogens is 372 g/mol. The molecule has 1 amide bonds. The monoisotopic (exact) mass is 390 g/mol. The number of rotatable bonds is 3. The van der Waals surface area contributed by atoms with E-state index in [2.05, 4.69) is 31.2 Å². The number of piperidine rings is 1. The highest BCUT2D eigenvalue weighted by atomic mass is 79.9. The van der Waals surface area contributed by atoms with Gasteiger partial charge in [0.05, 0.1) is 11.9 Å². The normalized spacial score (nSPS) is 15.3. The van der Waals surface area contributed by atoms with Crippen LogP contribution in [0.15, 0.2) is 45.8 Å². The first kappa shape index (κ1) is 16.7. The zero-order chi connectivity index (χ0) is 17.1. The van der Waals surface area contributed by atoms with E-state index < -0.39 is 0 Å². The molecule has 0 spiro atoms. The van der Waals surface area contributed by atoms with Crippen molar-refractivity contribution in [3.8, 4) is 0 Å². The van der Waals surface area contributed by atoms with E-state index in [-0.39, 0.29) is 17.5 Å². The van der Waals surface area contributed by atoms with Gasteiger partial charge in [-0.1, -0.05) is 18.2 Å². The number of aromatic nitrogens is 2. The smallest absolute Gasteiger partial charge is 0.282 e. The van der Waals surface area contributed by atoms with E-state index in [9.17, 15) is 9.59 Å². The highest BCUT2D eigenvalue weighted by molar-refractivity contribution is 9.10. The van der Waals surface area contributed by atoms with Gasteiger partial charge >= 0.3 is 0 Å². The van der Waals surface area contributed by atoms with Gasteiger partial charge in [0, 0.05) is 31.7 Å². The number of hydrogen-bond donors (Lipinski definition) is 1. The molecule has 3 rings (SSSR count). The molecular formula is C17H19BrN4O2. The van der Waals surface area contributed by atoms with Crippen molar-refractivity contribution in [2.45, 2.75) is 18.9 Å². The van der Waals surface area contributed by atoms with Crippen LogP contribution >= 0.6 is 15.9 Å². The Bertz CT molecular complexity index is 783. The number of carbonyl (C=O) groups excluding carboxylic acids is 1. The second-order valence-corrected chi connectivity index (χ2v) is 6.67. The molecule has 0 saturated carbocycles. The Labute approximate surface area is 148 Å². The van der Waals surface area contributed by atoms with Crippen LogP contribution in [-0.4, -0.2) is 34.8 Å². The van der Waals surface area contributed by atoms with Crippen molar-refractivity contribution in [2.24, 2.45) is 7.05 Å². The fourth-order valence-electron chi connectivity index (χ4n) is 2.85. The van der Waals surface area contributed by atoms with Crippen molar-refractivity contribution in [2.75, 3.05) is 18.0 Å². The Morgan fingerprint density at radius 3 is 2.58 bits per heavy atom. The zero-order valence-corrected chi connectivity index (χ0v) is 15.0. The Balaban J connectivity index is 1.61. The third kappa shape index (κ3) is 3.51. The summed E-state index contributed by atoms with van der Waals surface area (Å²) in [6.07, 6.45) is 3.37. The Morgan fingerprint density at radius 1 is 1.25 bits per heavy atom. The molecule has 0 radical (unpaired) electrons.